The molecule has 0 unspecified atom stereocenters. The molecule has 0 saturated carbocycles. The van der Waals surface area contributed by atoms with Crippen LogP contribution in [0.25, 0.3) is 0 Å². The summed E-state index contributed by atoms with van der Waals surface area (Å²) in [6, 6.07) is 11.5. The van der Waals surface area contributed by atoms with Crippen LogP contribution >= 0.6 is 12.2 Å². The average molecular weight is 398 g/mol. The standard InChI is InChI=1S/C20H22N4O3S/c1-13-6-5-7-14(2)19(13)27-12-18-22-23-20(28)24(18)21-11-15-8-16(25-3)10-17(9-15)26-4/h5-11H,12H2,1-4H3,(H,23,28)/b21-11-. The van der Waals surface area contributed by atoms with Crippen molar-refractivity contribution in [3.05, 3.63) is 63.7 Å². The first-order valence-corrected chi connectivity index (χ1v) is 9.05. The SMILES string of the molecule is COc1cc(/C=N\n2c(COc3c(C)cccc3C)n[nH]c2=S)cc(OC)c1. The van der Waals surface area contributed by atoms with Crippen LogP contribution in [0.5, 0.6) is 17.2 Å². The summed E-state index contributed by atoms with van der Waals surface area (Å²) < 4.78 is 18.5. The molecule has 7 nitrogen and oxygen atoms in total. The van der Waals surface area contributed by atoms with E-state index in [1.54, 1.807) is 26.5 Å². The minimum atomic E-state index is 0.234. The van der Waals surface area contributed by atoms with E-state index in [0.29, 0.717) is 22.1 Å². The highest BCUT2D eigenvalue weighted by Gasteiger charge is 2.09. The molecule has 0 aliphatic rings. The van der Waals surface area contributed by atoms with Crippen molar-refractivity contribution < 1.29 is 14.2 Å². The van der Waals surface area contributed by atoms with Crippen molar-refractivity contribution in [1.29, 1.82) is 0 Å². The molecule has 2 aromatic carbocycles. The maximum Gasteiger partial charge on any atom is 0.216 e. The van der Waals surface area contributed by atoms with Crippen molar-refractivity contribution in [1.82, 2.24) is 14.9 Å². The van der Waals surface area contributed by atoms with E-state index < -0.39 is 0 Å². The van der Waals surface area contributed by atoms with Crippen molar-refractivity contribution in [2.75, 3.05) is 14.2 Å². The zero-order valence-corrected chi connectivity index (χ0v) is 17.0. The Bertz CT molecular complexity index is 1010. The third kappa shape index (κ3) is 4.40. The Kier molecular flexibility index (Phi) is 6.10. The van der Waals surface area contributed by atoms with Gasteiger partial charge in [-0.2, -0.15) is 14.9 Å². The lowest BCUT2D eigenvalue weighted by molar-refractivity contribution is 0.287. The summed E-state index contributed by atoms with van der Waals surface area (Å²) in [5.74, 6) is 2.76. The fraction of sp³-hybridized carbons (Fsp3) is 0.250. The summed E-state index contributed by atoms with van der Waals surface area (Å²) >= 11 is 5.29. The van der Waals surface area contributed by atoms with E-state index >= 15 is 0 Å². The Morgan fingerprint density at radius 3 is 2.36 bits per heavy atom. The molecular formula is C20H22N4O3S. The predicted octanol–water partition coefficient (Wildman–Crippen LogP) is 4.04. The van der Waals surface area contributed by atoms with Crippen molar-refractivity contribution >= 4 is 18.4 Å². The minimum absolute atomic E-state index is 0.234. The Hall–Kier alpha value is -3.13. The number of aryl methyl sites for hydroxylation is 2. The first-order valence-electron chi connectivity index (χ1n) is 8.64. The largest absolute Gasteiger partial charge is 0.497 e. The van der Waals surface area contributed by atoms with E-state index in [1.807, 2.05) is 44.2 Å². The number of methoxy groups -OCH3 is 2. The van der Waals surface area contributed by atoms with Crippen LogP contribution in [0.4, 0.5) is 0 Å². The number of hydrogen-bond donors (Lipinski definition) is 1. The van der Waals surface area contributed by atoms with Crippen molar-refractivity contribution in [2.24, 2.45) is 5.10 Å². The molecule has 0 spiro atoms. The molecular weight excluding hydrogens is 376 g/mol. The molecule has 0 atom stereocenters. The number of hydrogen-bond acceptors (Lipinski definition) is 6. The third-order valence-corrected chi connectivity index (χ3v) is 4.43. The number of benzene rings is 2. The zero-order chi connectivity index (χ0) is 20.1. The summed E-state index contributed by atoms with van der Waals surface area (Å²) in [4.78, 5) is 0. The summed E-state index contributed by atoms with van der Waals surface area (Å²) in [5, 5.41) is 11.4. The Morgan fingerprint density at radius 1 is 1.11 bits per heavy atom. The minimum Gasteiger partial charge on any atom is -0.497 e. The molecule has 0 amide bonds. The van der Waals surface area contributed by atoms with Gasteiger partial charge in [-0.25, -0.2) is 5.10 Å². The van der Waals surface area contributed by atoms with Crippen LogP contribution in [-0.4, -0.2) is 35.3 Å². The molecule has 3 aromatic rings. The number of aromatic amines is 1. The van der Waals surface area contributed by atoms with E-state index in [4.69, 9.17) is 26.4 Å². The highest BCUT2D eigenvalue weighted by atomic mass is 32.1. The number of aromatic nitrogens is 3. The van der Waals surface area contributed by atoms with Gasteiger partial charge in [-0.3, -0.25) is 0 Å². The zero-order valence-electron chi connectivity index (χ0n) is 16.2. The summed E-state index contributed by atoms with van der Waals surface area (Å²) in [5.41, 5.74) is 2.93. The van der Waals surface area contributed by atoms with E-state index in [-0.39, 0.29) is 6.61 Å². The first kappa shape index (κ1) is 19.6. The van der Waals surface area contributed by atoms with Crippen molar-refractivity contribution in [3.63, 3.8) is 0 Å². The van der Waals surface area contributed by atoms with Crippen LogP contribution in [0, 0.1) is 18.6 Å². The molecule has 8 heteroatoms. The maximum atomic E-state index is 5.97. The molecule has 1 heterocycles. The molecule has 0 aliphatic carbocycles. The smallest absolute Gasteiger partial charge is 0.216 e. The number of rotatable bonds is 7. The summed E-state index contributed by atoms with van der Waals surface area (Å²) in [6.07, 6.45) is 1.67. The summed E-state index contributed by atoms with van der Waals surface area (Å²) in [6.45, 7) is 4.25. The number of nitrogens with one attached hydrogen (secondary N) is 1. The van der Waals surface area contributed by atoms with Crippen molar-refractivity contribution in [2.45, 2.75) is 20.5 Å². The van der Waals surface area contributed by atoms with Gasteiger partial charge in [0.1, 0.15) is 23.9 Å². The van der Waals surface area contributed by atoms with Gasteiger partial charge in [0, 0.05) is 11.6 Å². The molecule has 0 aliphatic heterocycles. The maximum absolute atomic E-state index is 5.97. The highest BCUT2D eigenvalue weighted by molar-refractivity contribution is 7.71. The van der Waals surface area contributed by atoms with Gasteiger partial charge in [-0.15, -0.1) is 0 Å². The molecule has 0 radical (unpaired) electrons. The fourth-order valence-electron chi connectivity index (χ4n) is 2.73. The lowest BCUT2D eigenvalue weighted by Gasteiger charge is -2.11. The molecule has 1 aromatic heterocycles. The molecule has 1 N–H and O–H groups in total. The van der Waals surface area contributed by atoms with Crippen LogP contribution in [0.15, 0.2) is 41.5 Å². The van der Waals surface area contributed by atoms with Crippen molar-refractivity contribution in [3.8, 4) is 17.2 Å². The normalized spacial score (nSPS) is 11.0. The highest BCUT2D eigenvalue weighted by Crippen LogP contribution is 2.23. The van der Waals surface area contributed by atoms with E-state index in [2.05, 4.69) is 15.3 Å². The second-order valence-electron chi connectivity index (χ2n) is 6.16. The topological polar surface area (TPSA) is 73.7 Å². The second-order valence-corrected chi connectivity index (χ2v) is 6.54. The quantitative estimate of drug-likeness (QED) is 0.480. The molecule has 0 fully saturated rings. The van der Waals surface area contributed by atoms with Crippen LogP contribution in [0.1, 0.15) is 22.5 Å². The number of ether oxygens (including phenoxy) is 3. The van der Waals surface area contributed by atoms with Crippen LogP contribution in [-0.2, 0) is 6.61 Å². The monoisotopic (exact) mass is 398 g/mol. The summed E-state index contributed by atoms with van der Waals surface area (Å²) in [7, 11) is 3.20. The number of nitrogens with zero attached hydrogens (tertiary/aromatic N) is 3. The van der Waals surface area contributed by atoms with Crippen LogP contribution in [0.2, 0.25) is 0 Å². The van der Waals surface area contributed by atoms with Crippen LogP contribution in [0.3, 0.4) is 0 Å². The van der Waals surface area contributed by atoms with E-state index in [1.165, 1.54) is 4.68 Å². The van der Waals surface area contributed by atoms with Gasteiger partial charge >= 0.3 is 0 Å². The third-order valence-electron chi connectivity index (χ3n) is 4.17. The lowest BCUT2D eigenvalue weighted by Crippen LogP contribution is -2.05. The second kappa shape index (κ2) is 8.71. The number of H-pyrrole nitrogens is 1. The van der Waals surface area contributed by atoms with Gasteiger partial charge in [0.25, 0.3) is 0 Å². The van der Waals surface area contributed by atoms with Gasteiger partial charge in [0.2, 0.25) is 4.77 Å². The predicted molar refractivity (Wildman–Crippen MR) is 110 cm³/mol. The Morgan fingerprint density at radius 2 is 1.75 bits per heavy atom. The molecule has 3 rings (SSSR count). The van der Waals surface area contributed by atoms with Gasteiger partial charge in [-0.05, 0) is 49.3 Å². The van der Waals surface area contributed by atoms with Gasteiger partial charge in [0.15, 0.2) is 5.82 Å². The van der Waals surface area contributed by atoms with Gasteiger partial charge in [0.05, 0.1) is 20.4 Å². The average Bonchev–Trinajstić information content (AvgIpc) is 3.05. The molecule has 146 valence electrons. The fourth-order valence-corrected chi connectivity index (χ4v) is 2.93. The van der Waals surface area contributed by atoms with Gasteiger partial charge in [-0.1, -0.05) is 18.2 Å². The van der Waals surface area contributed by atoms with E-state index in [9.17, 15) is 0 Å². The first-order chi connectivity index (χ1) is 13.5. The molecule has 0 saturated heterocycles. The molecule has 0 bridgehead atoms. The van der Waals surface area contributed by atoms with Crippen LogP contribution < -0.4 is 14.2 Å². The Labute approximate surface area is 168 Å². The van der Waals surface area contributed by atoms with Gasteiger partial charge < -0.3 is 14.2 Å². The Balaban J connectivity index is 1.84. The number of para-hydroxylation sites is 1. The lowest BCUT2D eigenvalue weighted by atomic mass is 10.1. The molecule has 28 heavy (non-hydrogen) atoms. The van der Waals surface area contributed by atoms with E-state index in [0.717, 1.165) is 22.4 Å².